The van der Waals surface area contributed by atoms with Crippen LogP contribution in [0.3, 0.4) is 0 Å². The summed E-state index contributed by atoms with van der Waals surface area (Å²) < 4.78 is 0. The van der Waals surface area contributed by atoms with Crippen LogP contribution in [0.2, 0.25) is 0 Å². The van der Waals surface area contributed by atoms with E-state index in [0.29, 0.717) is 0 Å². The molecule has 1 aliphatic carbocycles. The quantitative estimate of drug-likeness (QED) is 0.684. The van der Waals surface area contributed by atoms with Gasteiger partial charge in [0.2, 0.25) is 0 Å². The summed E-state index contributed by atoms with van der Waals surface area (Å²) in [6, 6.07) is 2.82. The van der Waals surface area contributed by atoms with E-state index in [1.807, 2.05) is 12.3 Å². The summed E-state index contributed by atoms with van der Waals surface area (Å²) in [6.45, 7) is 5.75. The molecule has 1 fully saturated rings. The van der Waals surface area contributed by atoms with E-state index in [4.69, 9.17) is 0 Å². The minimum Gasteiger partial charge on any atom is -0.346 e. The molecule has 0 saturated heterocycles. The van der Waals surface area contributed by atoms with Gasteiger partial charge in [-0.15, -0.1) is 0 Å². The number of imidazole rings is 1. The summed E-state index contributed by atoms with van der Waals surface area (Å²) in [5, 5.41) is 4.68. The SMILES string of the molecule is CC(C)CNC1CCCCC1.c1nc2c(cnc3[nH]ccc32)[nH]1. The van der Waals surface area contributed by atoms with Crippen molar-refractivity contribution in [1.82, 2.24) is 25.3 Å². The minimum atomic E-state index is 0.803. The number of hydrogen-bond donors (Lipinski definition) is 3. The minimum absolute atomic E-state index is 0.803. The highest BCUT2D eigenvalue weighted by Crippen LogP contribution is 2.18. The molecule has 0 atom stereocenters. The van der Waals surface area contributed by atoms with Gasteiger partial charge in [-0.25, -0.2) is 9.97 Å². The van der Waals surface area contributed by atoms with Crippen molar-refractivity contribution in [3.8, 4) is 0 Å². The van der Waals surface area contributed by atoms with Gasteiger partial charge in [0.15, 0.2) is 0 Å². The standard InChI is InChI=1S/C10H21N.C8H6N4/c1-9(2)8-11-10-6-4-3-5-7-10;1-2-9-8-5(1)7-6(3-10-8)11-4-12-7/h9-11H,3-8H2,1-2H3;1-4H,(H,9,10)(H,11,12). The first kappa shape index (κ1) is 16.0. The second-order valence-electron chi connectivity index (χ2n) is 6.80. The maximum absolute atomic E-state index is 4.21. The van der Waals surface area contributed by atoms with Gasteiger partial charge in [0.25, 0.3) is 0 Å². The Bertz CT molecular complexity index is 672. The van der Waals surface area contributed by atoms with Crippen molar-refractivity contribution in [2.45, 2.75) is 52.0 Å². The molecule has 23 heavy (non-hydrogen) atoms. The molecule has 3 aromatic rings. The number of aromatic amines is 2. The van der Waals surface area contributed by atoms with Crippen molar-refractivity contribution in [2.75, 3.05) is 6.54 Å². The van der Waals surface area contributed by atoms with E-state index in [1.165, 1.54) is 38.6 Å². The number of nitrogens with one attached hydrogen (secondary N) is 3. The zero-order valence-corrected chi connectivity index (χ0v) is 14.1. The number of nitrogens with zero attached hydrogens (tertiary/aromatic N) is 2. The molecule has 5 nitrogen and oxygen atoms in total. The summed E-state index contributed by atoms with van der Waals surface area (Å²) in [5.41, 5.74) is 2.83. The van der Waals surface area contributed by atoms with E-state index in [0.717, 1.165) is 34.0 Å². The molecule has 0 spiro atoms. The Balaban J connectivity index is 0.000000137. The van der Waals surface area contributed by atoms with Crippen molar-refractivity contribution >= 4 is 22.1 Å². The summed E-state index contributed by atoms with van der Waals surface area (Å²) in [4.78, 5) is 14.5. The molecule has 0 amide bonds. The number of H-pyrrole nitrogens is 2. The number of aromatic nitrogens is 4. The average molecular weight is 313 g/mol. The van der Waals surface area contributed by atoms with Gasteiger partial charge < -0.3 is 15.3 Å². The zero-order chi connectivity index (χ0) is 16.1. The highest BCUT2D eigenvalue weighted by atomic mass is 14.9. The van der Waals surface area contributed by atoms with Gasteiger partial charge >= 0.3 is 0 Å². The molecule has 0 unspecified atom stereocenters. The number of rotatable bonds is 3. The third-order valence-electron chi connectivity index (χ3n) is 4.39. The summed E-state index contributed by atoms with van der Waals surface area (Å²) in [5.74, 6) is 0.803. The van der Waals surface area contributed by atoms with Crippen LogP contribution in [0.15, 0.2) is 24.8 Å². The van der Waals surface area contributed by atoms with Crippen LogP contribution in [0.25, 0.3) is 22.1 Å². The molecule has 4 rings (SSSR count). The fraction of sp³-hybridized carbons (Fsp3) is 0.556. The lowest BCUT2D eigenvalue weighted by Crippen LogP contribution is -2.33. The van der Waals surface area contributed by atoms with Gasteiger partial charge in [0, 0.05) is 17.6 Å². The first-order valence-corrected chi connectivity index (χ1v) is 8.72. The third-order valence-corrected chi connectivity index (χ3v) is 4.39. The topological polar surface area (TPSA) is 69.4 Å². The highest BCUT2D eigenvalue weighted by molar-refractivity contribution is 6.00. The lowest BCUT2D eigenvalue weighted by atomic mass is 9.95. The van der Waals surface area contributed by atoms with Gasteiger partial charge in [-0.3, -0.25) is 0 Å². The van der Waals surface area contributed by atoms with Crippen LogP contribution >= 0.6 is 0 Å². The number of pyridine rings is 1. The van der Waals surface area contributed by atoms with E-state index in [-0.39, 0.29) is 0 Å². The zero-order valence-electron chi connectivity index (χ0n) is 14.1. The van der Waals surface area contributed by atoms with Crippen molar-refractivity contribution in [3.63, 3.8) is 0 Å². The molecule has 1 aliphatic rings. The van der Waals surface area contributed by atoms with E-state index < -0.39 is 0 Å². The van der Waals surface area contributed by atoms with E-state index in [1.54, 1.807) is 12.5 Å². The second-order valence-corrected chi connectivity index (χ2v) is 6.80. The monoisotopic (exact) mass is 313 g/mol. The molecular formula is C18H27N5. The van der Waals surface area contributed by atoms with Gasteiger partial charge in [0.05, 0.1) is 18.0 Å². The lowest BCUT2D eigenvalue weighted by Gasteiger charge is -2.23. The smallest absolute Gasteiger partial charge is 0.139 e. The Labute approximate surface area is 137 Å². The highest BCUT2D eigenvalue weighted by Gasteiger charge is 2.12. The van der Waals surface area contributed by atoms with Crippen LogP contribution in [0.4, 0.5) is 0 Å². The molecule has 0 radical (unpaired) electrons. The maximum Gasteiger partial charge on any atom is 0.139 e. The number of fused-ring (bicyclic) bond motifs is 3. The maximum atomic E-state index is 4.21. The summed E-state index contributed by atoms with van der Waals surface area (Å²) >= 11 is 0. The Hall–Kier alpha value is -1.88. The van der Waals surface area contributed by atoms with Crippen molar-refractivity contribution < 1.29 is 0 Å². The van der Waals surface area contributed by atoms with Gasteiger partial charge in [0.1, 0.15) is 11.2 Å². The first-order chi connectivity index (χ1) is 11.2. The fourth-order valence-corrected chi connectivity index (χ4v) is 3.11. The first-order valence-electron chi connectivity index (χ1n) is 8.72. The third kappa shape index (κ3) is 4.10. The predicted molar refractivity (Wildman–Crippen MR) is 95.5 cm³/mol. The Morgan fingerprint density at radius 1 is 1.17 bits per heavy atom. The van der Waals surface area contributed by atoms with Gasteiger partial charge in [-0.05, 0) is 31.4 Å². The van der Waals surface area contributed by atoms with Crippen molar-refractivity contribution in [2.24, 2.45) is 5.92 Å². The molecule has 5 heteroatoms. The fourth-order valence-electron chi connectivity index (χ4n) is 3.11. The van der Waals surface area contributed by atoms with Gasteiger partial charge in [-0.1, -0.05) is 33.1 Å². The Morgan fingerprint density at radius 2 is 2.00 bits per heavy atom. The molecule has 3 N–H and O–H groups in total. The molecule has 0 aromatic carbocycles. The van der Waals surface area contributed by atoms with E-state index in [9.17, 15) is 0 Å². The van der Waals surface area contributed by atoms with Gasteiger partial charge in [-0.2, -0.15) is 0 Å². The molecule has 124 valence electrons. The second kappa shape index (κ2) is 7.59. The Morgan fingerprint density at radius 3 is 2.78 bits per heavy atom. The molecule has 3 heterocycles. The van der Waals surface area contributed by atoms with Crippen molar-refractivity contribution in [3.05, 3.63) is 24.8 Å². The summed E-state index contributed by atoms with van der Waals surface area (Å²) in [7, 11) is 0. The molecule has 3 aromatic heterocycles. The summed E-state index contributed by atoms with van der Waals surface area (Å²) in [6.07, 6.45) is 12.5. The van der Waals surface area contributed by atoms with Crippen LogP contribution < -0.4 is 5.32 Å². The Kier molecular flexibility index (Phi) is 5.28. The number of hydrogen-bond acceptors (Lipinski definition) is 3. The van der Waals surface area contributed by atoms with Crippen LogP contribution in [0, 0.1) is 5.92 Å². The molecule has 0 aliphatic heterocycles. The van der Waals surface area contributed by atoms with Crippen molar-refractivity contribution in [1.29, 1.82) is 0 Å². The lowest BCUT2D eigenvalue weighted by molar-refractivity contribution is 0.358. The van der Waals surface area contributed by atoms with Crippen LogP contribution in [0.5, 0.6) is 0 Å². The average Bonchev–Trinajstić information content (AvgIpc) is 3.22. The molecule has 0 bridgehead atoms. The predicted octanol–water partition coefficient (Wildman–Crippen LogP) is 4.00. The van der Waals surface area contributed by atoms with E-state index >= 15 is 0 Å². The molecule has 1 saturated carbocycles. The van der Waals surface area contributed by atoms with Crippen LogP contribution in [-0.4, -0.2) is 32.5 Å². The van der Waals surface area contributed by atoms with Crippen LogP contribution in [-0.2, 0) is 0 Å². The van der Waals surface area contributed by atoms with Crippen LogP contribution in [0.1, 0.15) is 46.0 Å². The molecular weight excluding hydrogens is 286 g/mol. The van der Waals surface area contributed by atoms with E-state index in [2.05, 4.69) is 39.1 Å². The normalized spacial score (nSPS) is 16.0. The largest absolute Gasteiger partial charge is 0.346 e.